The molecule has 4 rings (SSSR count). The van der Waals surface area contributed by atoms with E-state index in [0.29, 0.717) is 5.75 Å². The molecule has 1 fully saturated rings. The highest BCUT2D eigenvalue weighted by molar-refractivity contribution is 5.83. The van der Waals surface area contributed by atoms with Crippen LogP contribution in [0.4, 0.5) is 0 Å². The van der Waals surface area contributed by atoms with Gasteiger partial charge in [0.1, 0.15) is 23.2 Å². The highest BCUT2D eigenvalue weighted by Gasteiger charge is 2.25. The van der Waals surface area contributed by atoms with Crippen molar-refractivity contribution in [2.75, 3.05) is 33.2 Å². The molecular formula is C20H23N5O2. The number of hydrogen-bond donors (Lipinski definition) is 2. The molecule has 7 nitrogen and oxygen atoms in total. The number of aromatic nitrogens is 2. The van der Waals surface area contributed by atoms with Crippen LogP contribution in [0.25, 0.3) is 11.0 Å². The van der Waals surface area contributed by atoms with E-state index in [1.807, 2.05) is 47.5 Å². The Morgan fingerprint density at radius 2 is 1.89 bits per heavy atom. The van der Waals surface area contributed by atoms with Crippen LogP contribution in [0.3, 0.4) is 0 Å². The number of aromatic amines is 1. The van der Waals surface area contributed by atoms with Gasteiger partial charge in [-0.25, -0.2) is 4.98 Å². The summed E-state index contributed by atoms with van der Waals surface area (Å²) in [7, 11) is 2.06. The SMILES string of the molecule is CN1CCN(C(=O)C(N)c2ccc(Oc3ccnc4[nH]ccc34)cc2)CC1. The normalized spacial score (nSPS) is 16.4. The number of ether oxygens (including phenoxy) is 1. The van der Waals surface area contributed by atoms with E-state index in [4.69, 9.17) is 10.5 Å². The van der Waals surface area contributed by atoms with E-state index in [0.717, 1.165) is 48.5 Å². The molecule has 1 aliphatic heterocycles. The lowest BCUT2D eigenvalue weighted by Crippen LogP contribution is -2.49. The van der Waals surface area contributed by atoms with E-state index in [9.17, 15) is 4.79 Å². The summed E-state index contributed by atoms with van der Waals surface area (Å²) in [4.78, 5) is 24.0. The Bertz CT molecular complexity index is 929. The van der Waals surface area contributed by atoms with Crippen LogP contribution in [0.5, 0.6) is 11.5 Å². The fourth-order valence-electron chi connectivity index (χ4n) is 3.26. The van der Waals surface area contributed by atoms with E-state index in [1.165, 1.54) is 0 Å². The molecule has 3 aromatic rings. The van der Waals surface area contributed by atoms with E-state index < -0.39 is 6.04 Å². The number of nitrogens with one attached hydrogen (secondary N) is 1. The first-order valence-electron chi connectivity index (χ1n) is 9.04. The largest absolute Gasteiger partial charge is 0.457 e. The van der Waals surface area contributed by atoms with Crippen LogP contribution >= 0.6 is 0 Å². The van der Waals surface area contributed by atoms with Gasteiger partial charge in [-0.2, -0.15) is 0 Å². The predicted octanol–water partition coefficient (Wildman–Crippen LogP) is 2.13. The quantitative estimate of drug-likeness (QED) is 0.740. The molecule has 0 saturated carbocycles. The van der Waals surface area contributed by atoms with Gasteiger partial charge < -0.3 is 25.3 Å². The van der Waals surface area contributed by atoms with Gasteiger partial charge in [-0.1, -0.05) is 12.1 Å². The van der Waals surface area contributed by atoms with E-state index in [-0.39, 0.29) is 5.91 Å². The van der Waals surface area contributed by atoms with Gasteiger partial charge in [0, 0.05) is 38.6 Å². The molecule has 1 saturated heterocycles. The third-order valence-electron chi connectivity index (χ3n) is 4.97. The monoisotopic (exact) mass is 365 g/mol. The van der Waals surface area contributed by atoms with Crippen LogP contribution < -0.4 is 10.5 Å². The molecule has 1 amide bonds. The predicted molar refractivity (Wildman–Crippen MR) is 104 cm³/mol. The summed E-state index contributed by atoms with van der Waals surface area (Å²) in [5.74, 6) is 1.39. The number of carbonyl (C=O) groups is 1. The van der Waals surface area contributed by atoms with Gasteiger partial charge in [-0.05, 0) is 36.9 Å². The van der Waals surface area contributed by atoms with Gasteiger partial charge in [0.25, 0.3) is 0 Å². The Hall–Kier alpha value is -2.90. The number of H-pyrrole nitrogens is 1. The minimum atomic E-state index is -0.653. The zero-order valence-corrected chi connectivity index (χ0v) is 15.3. The fourth-order valence-corrected chi connectivity index (χ4v) is 3.26. The van der Waals surface area contributed by atoms with Crippen LogP contribution in [0.1, 0.15) is 11.6 Å². The van der Waals surface area contributed by atoms with Crippen molar-refractivity contribution in [1.82, 2.24) is 19.8 Å². The van der Waals surface area contributed by atoms with E-state index >= 15 is 0 Å². The Balaban J connectivity index is 1.45. The summed E-state index contributed by atoms with van der Waals surface area (Å²) in [5.41, 5.74) is 7.78. The molecule has 7 heteroatoms. The maximum absolute atomic E-state index is 12.6. The first kappa shape index (κ1) is 17.5. The third kappa shape index (κ3) is 3.65. The zero-order valence-electron chi connectivity index (χ0n) is 15.3. The first-order chi connectivity index (χ1) is 13.1. The maximum atomic E-state index is 12.6. The number of hydrogen-bond acceptors (Lipinski definition) is 5. The summed E-state index contributed by atoms with van der Waals surface area (Å²) in [6, 6.07) is 10.5. The van der Waals surface area contributed by atoms with Crippen molar-refractivity contribution in [1.29, 1.82) is 0 Å². The Labute approximate surface area is 157 Å². The lowest BCUT2D eigenvalue weighted by Gasteiger charge is -2.34. The third-order valence-corrected chi connectivity index (χ3v) is 4.97. The summed E-state index contributed by atoms with van der Waals surface area (Å²) < 4.78 is 5.97. The number of fused-ring (bicyclic) bond motifs is 1. The van der Waals surface area contributed by atoms with Crippen LogP contribution in [-0.4, -0.2) is 58.9 Å². The molecular weight excluding hydrogens is 342 g/mol. The average Bonchev–Trinajstić information content (AvgIpc) is 3.18. The van der Waals surface area contributed by atoms with Gasteiger partial charge >= 0.3 is 0 Å². The lowest BCUT2D eigenvalue weighted by molar-refractivity contribution is -0.134. The van der Waals surface area contributed by atoms with Gasteiger partial charge in [0.2, 0.25) is 5.91 Å². The Kier molecular flexibility index (Phi) is 4.79. The highest BCUT2D eigenvalue weighted by Crippen LogP contribution is 2.29. The molecule has 140 valence electrons. The van der Waals surface area contributed by atoms with Crippen molar-refractivity contribution >= 4 is 16.9 Å². The standard InChI is InChI=1S/C20H23N5O2/c1-24-10-12-25(13-11-24)20(26)18(21)14-2-4-15(5-3-14)27-17-7-9-23-19-16(17)6-8-22-19/h2-9,18H,10-13,21H2,1H3,(H,22,23). The van der Waals surface area contributed by atoms with Gasteiger partial charge in [0.05, 0.1) is 5.39 Å². The molecule has 0 spiro atoms. The zero-order chi connectivity index (χ0) is 18.8. The Morgan fingerprint density at radius 3 is 2.63 bits per heavy atom. The van der Waals surface area contributed by atoms with Crippen LogP contribution in [0.15, 0.2) is 48.8 Å². The van der Waals surface area contributed by atoms with Crippen molar-refractivity contribution in [2.45, 2.75) is 6.04 Å². The smallest absolute Gasteiger partial charge is 0.244 e. The summed E-state index contributed by atoms with van der Waals surface area (Å²) in [6.45, 7) is 3.20. The molecule has 1 atom stereocenters. The molecule has 1 unspecified atom stereocenters. The fraction of sp³-hybridized carbons (Fsp3) is 0.300. The van der Waals surface area contributed by atoms with E-state index in [1.54, 1.807) is 6.20 Å². The van der Waals surface area contributed by atoms with Gasteiger partial charge in [-0.15, -0.1) is 0 Å². The van der Waals surface area contributed by atoms with Crippen LogP contribution in [-0.2, 0) is 4.79 Å². The topological polar surface area (TPSA) is 87.5 Å². The molecule has 0 aliphatic carbocycles. The first-order valence-corrected chi connectivity index (χ1v) is 9.04. The second-order valence-corrected chi connectivity index (χ2v) is 6.83. The number of pyridine rings is 1. The lowest BCUT2D eigenvalue weighted by atomic mass is 10.1. The number of benzene rings is 1. The van der Waals surface area contributed by atoms with Crippen molar-refractivity contribution in [3.8, 4) is 11.5 Å². The van der Waals surface area contributed by atoms with Gasteiger partial charge in [-0.3, -0.25) is 4.79 Å². The number of amides is 1. The van der Waals surface area contributed by atoms with Crippen molar-refractivity contribution in [3.05, 3.63) is 54.4 Å². The summed E-state index contributed by atoms with van der Waals surface area (Å²) in [5, 5.41) is 0.920. The number of likely N-dealkylation sites (N-methyl/N-ethyl adjacent to an activating group) is 1. The molecule has 2 aromatic heterocycles. The van der Waals surface area contributed by atoms with Crippen LogP contribution in [0, 0.1) is 0 Å². The number of rotatable bonds is 4. The van der Waals surface area contributed by atoms with Crippen molar-refractivity contribution in [2.24, 2.45) is 5.73 Å². The summed E-state index contributed by atoms with van der Waals surface area (Å²) in [6.07, 6.45) is 3.53. The van der Waals surface area contributed by atoms with Crippen LogP contribution in [0.2, 0.25) is 0 Å². The highest BCUT2D eigenvalue weighted by atomic mass is 16.5. The molecule has 0 radical (unpaired) electrons. The molecule has 1 aromatic carbocycles. The molecule has 3 N–H and O–H groups in total. The second-order valence-electron chi connectivity index (χ2n) is 6.83. The molecule has 0 bridgehead atoms. The maximum Gasteiger partial charge on any atom is 0.244 e. The average molecular weight is 365 g/mol. The minimum Gasteiger partial charge on any atom is -0.457 e. The number of nitrogens with two attached hydrogens (primary N) is 1. The second kappa shape index (κ2) is 7.38. The van der Waals surface area contributed by atoms with Crippen molar-refractivity contribution in [3.63, 3.8) is 0 Å². The summed E-state index contributed by atoms with van der Waals surface area (Å²) >= 11 is 0. The molecule has 27 heavy (non-hydrogen) atoms. The van der Waals surface area contributed by atoms with E-state index in [2.05, 4.69) is 21.9 Å². The number of piperazine rings is 1. The van der Waals surface area contributed by atoms with Gasteiger partial charge in [0.15, 0.2) is 0 Å². The molecule has 1 aliphatic rings. The van der Waals surface area contributed by atoms with Crippen molar-refractivity contribution < 1.29 is 9.53 Å². The number of carbonyl (C=O) groups excluding carboxylic acids is 1. The molecule has 3 heterocycles. The minimum absolute atomic E-state index is 0.0278. The Morgan fingerprint density at radius 1 is 1.15 bits per heavy atom. The number of nitrogens with zero attached hydrogens (tertiary/aromatic N) is 3.